The fraction of sp³-hybridized carbons (Fsp3) is 0.188. The average molecular weight is 461 g/mol. The second kappa shape index (κ2) is 12.6. The van der Waals surface area contributed by atoms with E-state index in [1.165, 1.54) is 11.1 Å². The lowest BCUT2D eigenvalue weighted by Crippen LogP contribution is -2.42. The first-order chi connectivity index (χ1) is 17.2. The van der Waals surface area contributed by atoms with Crippen LogP contribution in [0.4, 0.5) is 0 Å². The third-order valence-electron chi connectivity index (χ3n) is 6.19. The van der Waals surface area contributed by atoms with Crippen LogP contribution in [0.25, 0.3) is 0 Å². The molecule has 0 aliphatic carbocycles. The van der Waals surface area contributed by atoms with Crippen molar-refractivity contribution >= 4 is 11.5 Å². The van der Waals surface area contributed by atoms with E-state index in [0.717, 1.165) is 11.1 Å². The van der Waals surface area contributed by atoms with Gasteiger partial charge in [-0.05, 0) is 28.7 Å². The largest absolute Gasteiger partial charge is 0.309 e. The highest BCUT2D eigenvalue weighted by Gasteiger charge is 2.27. The van der Waals surface area contributed by atoms with E-state index in [1.807, 2.05) is 84.9 Å². The normalized spacial score (nSPS) is 11.8. The first-order valence-electron chi connectivity index (χ1n) is 12.2. The molecular formula is C32H32N2O. The SMILES string of the molecule is N=C(CC(=O)C(Cc1ccccc1)N(Cc1ccccc1)Cc1ccccc1)Cc1ccccc1. The van der Waals surface area contributed by atoms with Gasteiger partial charge in [0.2, 0.25) is 0 Å². The van der Waals surface area contributed by atoms with E-state index < -0.39 is 0 Å². The fourth-order valence-corrected chi connectivity index (χ4v) is 4.43. The van der Waals surface area contributed by atoms with Gasteiger partial charge in [0.15, 0.2) is 5.78 Å². The Bertz CT molecular complexity index is 1150. The fourth-order valence-electron chi connectivity index (χ4n) is 4.43. The molecule has 4 rings (SSSR count). The summed E-state index contributed by atoms with van der Waals surface area (Å²) in [6, 6.07) is 40.5. The summed E-state index contributed by atoms with van der Waals surface area (Å²) in [5.41, 5.74) is 5.00. The van der Waals surface area contributed by atoms with Crippen molar-refractivity contribution in [3.05, 3.63) is 144 Å². The van der Waals surface area contributed by atoms with E-state index in [2.05, 4.69) is 41.3 Å². The summed E-state index contributed by atoms with van der Waals surface area (Å²) in [7, 11) is 0. The Balaban J connectivity index is 1.60. The molecule has 1 atom stereocenters. The van der Waals surface area contributed by atoms with Crippen molar-refractivity contribution in [2.45, 2.75) is 38.4 Å². The maximum Gasteiger partial charge on any atom is 0.155 e. The molecule has 4 aromatic carbocycles. The van der Waals surface area contributed by atoms with Crippen LogP contribution in [0.1, 0.15) is 28.7 Å². The van der Waals surface area contributed by atoms with Gasteiger partial charge in [0.05, 0.1) is 6.04 Å². The highest BCUT2D eigenvalue weighted by atomic mass is 16.1. The number of benzene rings is 4. The first kappa shape index (κ1) is 24.3. The molecule has 0 amide bonds. The van der Waals surface area contributed by atoms with Crippen molar-refractivity contribution < 1.29 is 4.79 Å². The van der Waals surface area contributed by atoms with Crippen molar-refractivity contribution in [1.82, 2.24) is 4.90 Å². The Kier molecular flexibility index (Phi) is 8.74. The van der Waals surface area contributed by atoms with Gasteiger partial charge in [-0.2, -0.15) is 0 Å². The quantitative estimate of drug-likeness (QED) is 0.245. The molecule has 1 unspecified atom stereocenters. The Morgan fingerprint density at radius 3 is 1.46 bits per heavy atom. The van der Waals surface area contributed by atoms with Crippen molar-refractivity contribution in [3.63, 3.8) is 0 Å². The second-order valence-electron chi connectivity index (χ2n) is 8.99. The average Bonchev–Trinajstić information content (AvgIpc) is 2.89. The van der Waals surface area contributed by atoms with Crippen molar-refractivity contribution in [2.24, 2.45) is 0 Å². The highest BCUT2D eigenvalue weighted by Crippen LogP contribution is 2.19. The Morgan fingerprint density at radius 2 is 1.00 bits per heavy atom. The lowest BCUT2D eigenvalue weighted by molar-refractivity contribution is -0.123. The topological polar surface area (TPSA) is 44.2 Å². The van der Waals surface area contributed by atoms with E-state index in [4.69, 9.17) is 5.41 Å². The monoisotopic (exact) mass is 460 g/mol. The zero-order valence-corrected chi connectivity index (χ0v) is 20.0. The third-order valence-corrected chi connectivity index (χ3v) is 6.19. The van der Waals surface area contributed by atoms with Gasteiger partial charge in [0, 0.05) is 31.6 Å². The van der Waals surface area contributed by atoms with Gasteiger partial charge in [-0.1, -0.05) is 121 Å². The van der Waals surface area contributed by atoms with E-state index in [9.17, 15) is 4.79 Å². The number of carbonyl (C=O) groups is 1. The van der Waals surface area contributed by atoms with Gasteiger partial charge in [0.1, 0.15) is 0 Å². The van der Waals surface area contributed by atoms with Gasteiger partial charge in [-0.25, -0.2) is 0 Å². The Hall–Kier alpha value is -3.82. The third kappa shape index (κ3) is 7.59. The zero-order chi connectivity index (χ0) is 24.3. The molecule has 1 N–H and O–H groups in total. The molecule has 0 saturated carbocycles. The number of rotatable bonds is 12. The predicted molar refractivity (Wildman–Crippen MR) is 144 cm³/mol. The number of hydrogen-bond donors (Lipinski definition) is 1. The molecule has 3 nitrogen and oxygen atoms in total. The van der Waals surface area contributed by atoms with Crippen LogP contribution in [0, 0.1) is 5.41 Å². The molecule has 35 heavy (non-hydrogen) atoms. The van der Waals surface area contributed by atoms with Crippen LogP contribution in [0.15, 0.2) is 121 Å². The van der Waals surface area contributed by atoms with Crippen molar-refractivity contribution in [2.75, 3.05) is 0 Å². The van der Waals surface area contributed by atoms with E-state index in [1.54, 1.807) is 0 Å². The number of Topliss-reactive ketones (excluding diaryl/α,β-unsaturated/α-hetero) is 1. The van der Waals surface area contributed by atoms with Gasteiger partial charge in [-0.15, -0.1) is 0 Å². The molecule has 176 valence electrons. The molecule has 0 aliphatic heterocycles. The summed E-state index contributed by atoms with van der Waals surface area (Å²) in [5, 5.41) is 8.57. The van der Waals surface area contributed by atoms with Crippen LogP contribution in [-0.4, -0.2) is 22.4 Å². The van der Waals surface area contributed by atoms with Gasteiger partial charge < -0.3 is 5.41 Å². The van der Waals surface area contributed by atoms with Crippen molar-refractivity contribution in [3.8, 4) is 0 Å². The van der Waals surface area contributed by atoms with Crippen LogP contribution < -0.4 is 0 Å². The number of carbonyl (C=O) groups excluding carboxylic acids is 1. The molecule has 3 heteroatoms. The van der Waals surface area contributed by atoms with Crippen LogP contribution in [0.2, 0.25) is 0 Å². The first-order valence-corrected chi connectivity index (χ1v) is 12.2. The summed E-state index contributed by atoms with van der Waals surface area (Å²) in [5.74, 6) is 0.0987. The molecule has 0 spiro atoms. The van der Waals surface area contributed by atoms with E-state index in [0.29, 0.717) is 31.6 Å². The van der Waals surface area contributed by atoms with Crippen LogP contribution in [0.3, 0.4) is 0 Å². The minimum absolute atomic E-state index is 0.0987. The molecule has 0 bridgehead atoms. The van der Waals surface area contributed by atoms with Gasteiger partial charge in [-0.3, -0.25) is 9.69 Å². The molecular weight excluding hydrogens is 428 g/mol. The van der Waals surface area contributed by atoms with E-state index in [-0.39, 0.29) is 18.2 Å². The Morgan fingerprint density at radius 1 is 0.600 bits per heavy atom. The molecule has 0 aromatic heterocycles. The van der Waals surface area contributed by atoms with Crippen LogP contribution >= 0.6 is 0 Å². The van der Waals surface area contributed by atoms with Gasteiger partial charge >= 0.3 is 0 Å². The molecule has 0 heterocycles. The van der Waals surface area contributed by atoms with Crippen LogP contribution in [-0.2, 0) is 30.7 Å². The zero-order valence-electron chi connectivity index (χ0n) is 20.0. The lowest BCUT2D eigenvalue weighted by Gasteiger charge is -2.31. The highest BCUT2D eigenvalue weighted by molar-refractivity contribution is 6.03. The Labute approximate surface area is 208 Å². The summed E-state index contributed by atoms with van der Waals surface area (Å²) in [4.78, 5) is 16.1. The summed E-state index contributed by atoms with van der Waals surface area (Å²) in [6.45, 7) is 1.34. The maximum atomic E-state index is 13.8. The smallest absolute Gasteiger partial charge is 0.155 e. The van der Waals surface area contributed by atoms with Gasteiger partial charge in [0.25, 0.3) is 0 Å². The number of ketones is 1. The lowest BCUT2D eigenvalue weighted by atomic mass is 9.94. The number of nitrogens with zero attached hydrogens (tertiary/aromatic N) is 1. The second-order valence-corrected chi connectivity index (χ2v) is 8.99. The van der Waals surface area contributed by atoms with Crippen LogP contribution in [0.5, 0.6) is 0 Å². The molecule has 4 aromatic rings. The molecule has 0 radical (unpaired) electrons. The molecule has 0 fully saturated rings. The van der Waals surface area contributed by atoms with E-state index >= 15 is 0 Å². The molecule has 0 saturated heterocycles. The van der Waals surface area contributed by atoms with Crippen molar-refractivity contribution in [1.29, 1.82) is 5.41 Å². The number of nitrogens with one attached hydrogen (secondary N) is 1. The maximum absolute atomic E-state index is 13.8. The standard InChI is InChI=1S/C32H32N2O/c33-30(21-26-13-5-1-6-14-26)23-32(35)31(22-27-15-7-2-8-16-27)34(24-28-17-9-3-10-18-28)25-29-19-11-4-12-20-29/h1-20,31,33H,21-25H2. The number of hydrogen-bond acceptors (Lipinski definition) is 3. The summed E-state index contributed by atoms with van der Waals surface area (Å²) in [6.07, 6.45) is 1.28. The summed E-state index contributed by atoms with van der Waals surface area (Å²) >= 11 is 0. The molecule has 0 aliphatic rings. The predicted octanol–water partition coefficient (Wildman–Crippen LogP) is 6.52. The minimum Gasteiger partial charge on any atom is -0.309 e. The summed E-state index contributed by atoms with van der Waals surface area (Å²) < 4.78 is 0. The minimum atomic E-state index is -0.325.